The summed E-state index contributed by atoms with van der Waals surface area (Å²) < 4.78 is 4.74. The Morgan fingerprint density at radius 1 is 1.38 bits per heavy atom. The van der Waals surface area contributed by atoms with Crippen molar-refractivity contribution in [2.24, 2.45) is 0 Å². The fourth-order valence-corrected chi connectivity index (χ4v) is 2.94. The minimum atomic E-state index is -0.692. The molecule has 2 aliphatic rings. The lowest BCUT2D eigenvalue weighted by Gasteiger charge is -2.29. The van der Waals surface area contributed by atoms with Gasteiger partial charge in [-0.3, -0.25) is 25.0 Å². The zero-order valence-electron chi connectivity index (χ0n) is 12.8. The molecule has 0 saturated carbocycles. The van der Waals surface area contributed by atoms with Crippen molar-refractivity contribution >= 4 is 29.5 Å². The molecule has 8 nitrogen and oxygen atoms in total. The maximum atomic E-state index is 12.6. The van der Waals surface area contributed by atoms with Gasteiger partial charge in [0.15, 0.2) is 0 Å². The lowest BCUT2D eigenvalue weighted by molar-refractivity contribution is -0.136. The molecular weight excluding hydrogens is 314 g/mol. The van der Waals surface area contributed by atoms with Gasteiger partial charge in [0.2, 0.25) is 11.8 Å². The third-order valence-corrected chi connectivity index (χ3v) is 4.05. The number of hydrogen-bond acceptors (Lipinski definition) is 5. The molecule has 0 aromatic heterocycles. The molecule has 0 spiro atoms. The van der Waals surface area contributed by atoms with Gasteiger partial charge in [-0.15, -0.1) is 0 Å². The Morgan fingerprint density at radius 3 is 2.88 bits per heavy atom. The van der Waals surface area contributed by atoms with Crippen LogP contribution in [0, 0.1) is 6.92 Å². The molecule has 3 rings (SSSR count). The van der Waals surface area contributed by atoms with Gasteiger partial charge in [0.05, 0.1) is 6.61 Å². The number of hydrogen-bond donors (Lipinski definition) is 2. The molecule has 1 aromatic rings. The van der Waals surface area contributed by atoms with Gasteiger partial charge in [0.25, 0.3) is 5.91 Å². The van der Waals surface area contributed by atoms with E-state index in [-0.39, 0.29) is 37.8 Å². The molecule has 2 N–H and O–H groups in total. The number of carbonyl (C=O) groups excluding carboxylic acids is 4. The van der Waals surface area contributed by atoms with Gasteiger partial charge in [0.1, 0.15) is 6.04 Å². The van der Waals surface area contributed by atoms with E-state index in [4.69, 9.17) is 4.74 Å². The first-order valence-electron chi connectivity index (χ1n) is 7.51. The van der Waals surface area contributed by atoms with E-state index in [0.717, 1.165) is 0 Å². The van der Waals surface area contributed by atoms with Crippen molar-refractivity contribution in [2.75, 3.05) is 11.9 Å². The molecule has 2 aliphatic heterocycles. The van der Waals surface area contributed by atoms with Crippen LogP contribution in [0.15, 0.2) is 18.2 Å². The van der Waals surface area contributed by atoms with Gasteiger partial charge in [-0.1, -0.05) is 6.07 Å². The van der Waals surface area contributed by atoms with Crippen LogP contribution in [0.4, 0.5) is 10.5 Å². The summed E-state index contributed by atoms with van der Waals surface area (Å²) in [5.41, 5.74) is 1.49. The Balaban J connectivity index is 1.83. The zero-order chi connectivity index (χ0) is 17.3. The zero-order valence-corrected chi connectivity index (χ0v) is 12.8. The van der Waals surface area contributed by atoms with E-state index in [1.165, 1.54) is 4.90 Å². The molecule has 1 radical (unpaired) electrons. The Bertz CT molecular complexity index is 730. The van der Waals surface area contributed by atoms with Crippen LogP contribution in [-0.2, 0) is 20.9 Å². The average molecular weight is 330 g/mol. The molecule has 4 amide bonds. The number of ether oxygens (including phenoxy) is 1. The first-order chi connectivity index (χ1) is 11.5. The molecule has 24 heavy (non-hydrogen) atoms. The fraction of sp³-hybridized carbons (Fsp3) is 0.312. The van der Waals surface area contributed by atoms with Crippen molar-refractivity contribution in [3.05, 3.63) is 36.2 Å². The molecule has 8 heteroatoms. The van der Waals surface area contributed by atoms with Crippen molar-refractivity contribution in [1.82, 2.24) is 10.2 Å². The van der Waals surface area contributed by atoms with Crippen LogP contribution in [0.1, 0.15) is 28.8 Å². The summed E-state index contributed by atoms with van der Waals surface area (Å²) in [5, 5.41) is 4.82. The second kappa shape index (κ2) is 6.31. The highest BCUT2D eigenvalue weighted by Crippen LogP contribution is 2.32. The second-order valence-electron chi connectivity index (χ2n) is 5.49. The highest BCUT2D eigenvalue weighted by molar-refractivity contribution is 6.06. The monoisotopic (exact) mass is 330 g/mol. The Kier molecular flexibility index (Phi) is 4.20. The van der Waals surface area contributed by atoms with Crippen LogP contribution in [0.3, 0.4) is 0 Å². The smallest absolute Gasteiger partial charge is 0.411 e. The summed E-state index contributed by atoms with van der Waals surface area (Å²) in [4.78, 5) is 48.9. The topological polar surface area (TPSA) is 105 Å². The predicted octanol–water partition coefficient (Wildman–Crippen LogP) is 0.830. The average Bonchev–Trinajstić information content (AvgIpc) is 2.86. The van der Waals surface area contributed by atoms with Crippen molar-refractivity contribution < 1.29 is 23.9 Å². The van der Waals surface area contributed by atoms with Crippen molar-refractivity contribution in [2.45, 2.75) is 25.4 Å². The van der Waals surface area contributed by atoms with Crippen LogP contribution >= 0.6 is 0 Å². The molecule has 0 aliphatic carbocycles. The minimum absolute atomic E-state index is 0.0117. The van der Waals surface area contributed by atoms with E-state index in [0.29, 0.717) is 16.8 Å². The van der Waals surface area contributed by atoms with E-state index >= 15 is 0 Å². The number of imide groups is 1. The summed E-state index contributed by atoms with van der Waals surface area (Å²) in [5.74, 6) is -1.11. The summed E-state index contributed by atoms with van der Waals surface area (Å²) in [7, 11) is 0. The van der Waals surface area contributed by atoms with E-state index < -0.39 is 18.0 Å². The minimum Gasteiger partial charge on any atom is -0.449 e. The summed E-state index contributed by atoms with van der Waals surface area (Å²) in [6.45, 7) is 3.59. The van der Waals surface area contributed by atoms with Crippen LogP contribution < -0.4 is 10.6 Å². The number of piperidine rings is 1. The van der Waals surface area contributed by atoms with Crippen LogP contribution in [0.5, 0.6) is 0 Å². The van der Waals surface area contributed by atoms with Gasteiger partial charge in [-0.2, -0.15) is 0 Å². The number of carbonyl (C=O) groups is 4. The number of anilines is 1. The first kappa shape index (κ1) is 16.0. The van der Waals surface area contributed by atoms with E-state index in [2.05, 4.69) is 17.6 Å². The number of nitrogens with one attached hydrogen (secondary N) is 2. The molecule has 125 valence electrons. The largest absolute Gasteiger partial charge is 0.449 e. The SMILES string of the molecule is [CH2]COC(=O)Nc1cccc2c1CN(C1CCC(=O)NC1=O)C2=O. The lowest BCUT2D eigenvalue weighted by atomic mass is 10.0. The fourth-order valence-electron chi connectivity index (χ4n) is 2.94. The maximum absolute atomic E-state index is 12.6. The predicted molar refractivity (Wildman–Crippen MR) is 82.8 cm³/mol. The molecule has 1 aromatic carbocycles. The van der Waals surface area contributed by atoms with Crippen molar-refractivity contribution in [1.29, 1.82) is 0 Å². The third-order valence-electron chi connectivity index (χ3n) is 4.05. The number of nitrogens with zero attached hydrogens (tertiary/aromatic N) is 1. The van der Waals surface area contributed by atoms with Crippen LogP contribution in [0.2, 0.25) is 0 Å². The van der Waals surface area contributed by atoms with E-state index in [1.807, 2.05) is 0 Å². The molecule has 0 bridgehead atoms. The van der Waals surface area contributed by atoms with Gasteiger partial charge in [-0.05, 0) is 25.5 Å². The van der Waals surface area contributed by atoms with Gasteiger partial charge in [0, 0.05) is 29.8 Å². The Labute approximate surface area is 138 Å². The summed E-state index contributed by atoms with van der Waals surface area (Å²) in [6, 6.07) is 4.25. The first-order valence-corrected chi connectivity index (χ1v) is 7.51. The number of fused-ring (bicyclic) bond motifs is 1. The maximum Gasteiger partial charge on any atom is 0.411 e. The number of amides is 4. The highest BCUT2D eigenvalue weighted by atomic mass is 16.5. The van der Waals surface area contributed by atoms with Crippen LogP contribution in [0.25, 0.3) is 0 Å². The molecule has 1 atom stereocenters. The second-order valence-corrected chi connectivity index (χ2v) is 5.49. The van der Waals surface area contributed by atoms with Gasteiger partial charge >= 0.3 is 6.09 Å². The van der Waals surface area contributed by atoms with Gasteiger partial charge < -0.3 is 9.64 Å². The summed E-state index contributed by atoms with van der Waals surface area (Å²) >= 11 is 0. The normalized spacial score (nSPS) is 19.8. The van der Waals surface area contributed by atoms with E-state index in [9.17, 15) is 19.2 Å². The van der Waals surface area contributed by atoms with Crippen LogP contribution in [-0.4, -0.2) is 41.4 Å². The van der Waals surface area contributed by atoms with Gasteiger partial charge in [-0.25, -0.2) is 4.79 Å². The summed E-state index contributed by atoms with van der Waals surface area (Å²) in [6.07, 6.45) is -0.181. The third kappa shape index (κ3) is 2.82. The molecule has 1 fully saturated rings. The standard InChI is InChI=1S/C16H16N3O5/c1-2-24-16(23)17-11-5-3-4-9-10(11)8-19(15(9)22)12-6-7-13(20)18-14(12)21/h3-5,12H,1-2,6-8H2,(H,17,23)(H,18,20,21). The molecule has 1 unspecified atom stereocenters. The van der Waals surface area contributed by atoms with Crippen molar-refractivity contribution in [3.8, 4) is 0 Å². The number of benzene rings is 1. The molecule has 2 heterocycles. The molecular formula is C16H16N3O5. The van der Waals surface area contributed by atoms with E-state index in [1.54, 1.807) is 18.2 Å². The van der Waals surface area contributed by atoms with Crippen molar-refractivity contribution in [3.63, 3.8) is 0 Å². The Morgan fingerprint density at radius 2 is 2.17 bits per heavy atom. The molecule has 1 saturated heterocycles. The number of rotatable bonds is 3. The Hall–Kier alpha value is -2.90. The highest BCUT2D eigenvalue weighted by Gasteiger charge is 2.39. The lowest BCUT2D eigenvalue weighted by Crippen LogP contribution is -2.52. The quantitative estimate of drug-likeness (QED) is 0.799.